The molecule has 7 nitrogen and oxygen atoms in total. The van der Waals surface area contributed by atoms with Gasteiger partial charge in [-0.25, -0.2) is 0 Å². The number of rotatable bonds is 3. The summed E-state index contributed by atoms with van der Waals surface area (Å²) in [5.41, 5.74) is 7.12. The van der Waals surface area contributed by atoms with Gasteiger partial charge in [0.1, 0.15) is 0 Å². The van der Waals surface area contributed by atoms with Gasteiger partial charge >= 0.3 is 0 Å². The zero-order valence-corrected chi connectivity index (χ0v) is 14.6. The second-order valence-corrected chi connectivity index (χ2v) is 6.45. The zero-order chi connectivity index (χ0) is 18.7. The number of nitrogens with two attached hydrogens (primary N) is 1. The van der Waals surface area contributed by atoms with Crippen LogP contribution in [0.4, 0.5) is 0 Å². The molecule has 0 spiro atoms. The number of pyridine rings is 1. The van der Waals surface area contributed by atoms with Crippen molar-refractivity contribution in [3.8, 4) is 5.69 Å². The molecule has 1 fully saturated rings. The lowest BCUT2D eigenvalue weighted by molar-refractivity contribution is -0.130. The van der Waals surface area contributed by atoms with Crippen LogP contribution in [0.1, 0.15) is 23.7 Å². The van der Waals surface area contributed by atoms with Gasteiger partial charge in [0.05, 0.1) is 6.04 Å². The van der Waals surface area contributed by atoms with Crippen LogP contribution in [0.3, 0.4) is 0 Å². The van der Waals surface area contributed by atoms with Gasteiger partial charge in [-0.1, -0.05) is 6.07 Å². The molecule has 2 amide bonds. The van der Waals surface area contributed by atoms with Crippen molar-refractivity contribution in [3.05, 3.63) is 64.6 Å². The second kappa shape index (κ2) is 7.53. The number of amides is 2. The van der Waals surface area contributed by atoms with Gasteiger partial charge in [0.15, 0.2) is 0 Å². The molecular formula is C19H22N4O3. The van der Waals surface area contributed by atoms with Crippen molar-refractivity contribution in [2.24, 2.45) is 5.73 Å². The van der Waals surface area contributed by atoms with E-state index in [0.717, 1.165) is 0 Å². The molecule has 3 N–H and O–H groups in total. The fraction of sp³-hybridized carbons (Fsp3) is 0.316. The van der Waals surface area contributed by atoms with Gasteiger partial charge in [-0.3, -0.25) is 19.0 Å². The summed E-state index contributed by atoms with van der Waals surface area (Å²) in [6.07, 6.45) is 2.33. The molecule has 0 saturated carbocycles. The normalized spacial score (nSPS) is 19.8. The third-order valence-electron chi connectivity index (χ3n) is 4.66. The Balaban J connectivity index is 1.71. The molecule has 7 heteroatoms. The van der Waals surface area contributed by atoms with Crippen molar-refractivity contribution in [1.82, 2.24) is 14.8 Å². The molecule has 0 bridgehead atoms. The summed E-state index contributed by atoms with van der Waals surface area (Å²) in [6, 6.07) is 11.2. The lowest BCUT2D eigenvalue weighted by Gasteiger charge is -2.36. The van der Waals surface area contributed by atoms with Crippen LogP contribution in [0, 0.1) is 0 Å². The molecule has 3 rings (SSSR count). The molecular weight excluding hydrogens is 332 g/mol. The van der Waals surface area contributed by atoms with Gasteiger partial charge < -0.3 is 16.0 Å². The molecule has 0 radical (unpaired) electrons. The Labute approximate surface area is 151 Å². The highest BCUT2D eigenvalue weighted by molar-refractivity contribution is 5.94. The Kier molecular flexibility index (Phi) is 5.18. The van der Waals surface area contributed by atoms with Crippen LogP contribution in [-0.2, 0) is 4.79 Å². The molecule has 26 heavy (non-hydrogen) atoms. The molecule has 1 saturated heterocycles. The molecule has 1 aliphatic heterocycles. The summed E-state index contributed by atoms with van der Waals surface area (Å²) in [6.45, 7) is 2.54. The molecule has 1 aromatic carbocycles. The van der Waals surface area contributed by atoms with E-state index in [-0.39, 0.29) is 29.5 Å². The maximum absolute atomic E-state index is 12.5. The summed E-state index contributed by atoms with van der Waals surface area (Å²) in [5.74, 6) is -0.267. The minimum absolute atomic E-state index is 0.0196. The minimum Gasteiger partial charge on any atom is -0.346 e. The number of piperidine rings is 1. The van der Waals surface area contributed by atoms with E-state index in [2.05, 4.69) is 5.32 Å². The van der Waals surface area contributed by atoms with Crippen LogP contribution in [0.5, 0.6) is 0 Å². The lowest BCUT2D eigenvalue weighted by Crippen LogP contribution is -2.59. The largest absolute Gasteiger partial charge is 0.346 e. The Bertz CT molecular complexity index is 860. The SMILES string of the molecule is CC(=O)N1CCC(N)C(NC(=O)c2ccc(-n3ccccc3=O)cc2)C1. The van der Waals surface area contributed by atoms with Gasteiger partial charge in [0.2, 0.25) is 5.91 Å². The molecule has 1 aliphatic rings. The molecule has 2 heterocycles. The number of nitrogens with zero attached hydrogens (tertiary/aromatic N) is 2. The first-order chi connectivity index (χ1) is 12.5. The Morgan fingerprint density at radius 1 is 1.15 bits per heavy atom. The van der Waals surface area contributed by atoms with Crippen LogP contribution < -0.4 is 16.6 Å². The van der Waals surface area contributed by atoms with E-state index >= 15 is 0 Å². The highest BCUT2D eigenvalue weighted by atomic mass is 16.2. The Morgan fingerprint density at radius 2 is 1.88 bits per heavy atom. The van der Waals surface area contributed by atoms with Crippen LogP contribution in [0.25, 0.3) is 5.69 Å². The first kappa shape index (κ1) is 17.9. The van der Waals surface area contributed by atoms with Gasteiger partial charge in [-0.15, -0.1) is 0 Å². The van der Waals surface area contributed by atoms with Gasteiger partial charge in [-0.2, -0.15) is 0 Å². The lowest BCUT2D eigenvalue weighted by atomic mass is 9.99. The second-order valence-electron chi connectivity index (χ2n) is 6.45. The number of hydrogen-bond acceptors (Lipinski definition) is 4. The van der Waals surface area contributed by atoms with E-state index in [9.17, 15) is 14.4 Å². The summed E-state index contributed by atoms with van der Waals surface area (Å²) in [5, 5.41) is 2.91. The highest BCUT2D eigenvalue weighted by Crippen LogP contribution is 2.12. The average molecular weight is 354 g/mol. The number of nitrogens with one attached hydrogen (secondary N) is 1. The van der Waals surface area contributed by atoms with E-state index in [0.29, 0.717) is 30.8 Å². The predicted octanol–water partition coefficient (Wildman–Crippen LogP) is 0.515. The van der Waals surface area contributed by atoms with Crippen LogP contribution in [0.2, 0.25) is 0 Å². The van der Waals surface area contributed by atoms with E-state index in [1.165, 1.54) is 17.6 Å². The van der Waals surface area contributed by atoms with Gasteiger partial charge in [-0.05, 0) is 36.8 Å². The number of hydrogen-bond donors (Lipinski definition) is 2. The molecule has 0 aliphatic carbocycles. The average Bonchev–Trinajstić information content (AvgIpc) is 2.64. The highest BCUT2D eigenvalue weighted by Gasteiger charge is 2.29. The number of benzene rings is 1. The Morgan fingerprint density at radius 3 is 2.54 bits per heavy atom. The summed E-state index contributed by atoms with van der Waals surface area (Å²) >= 11 is 0. The predicted molar refractivity (Wildman–Crippen MR) is 98.1 cm³/mol. The quantitative estimate of drug-likeness (QED) is 0.839. The number of carbonyl (C=O) groups excluding carboxylic acids is 2. The maximum Gasteiger partial charge on any atom is 0.255 e. The third kappa shape index (κ3) is 3.83. The monoisotopic (exact) mass is 354 g/mol. The van der Waals surface area contributed by atoms with Crippen LogP contribution in [0.15, 0.2) is 53.5 Å². The summed E-state index contributed by atoms with van der Waals surface area (Å²) < 4.78 is 1.50. The number of aromatic nitrogens is 1. The van der Waals surface area contributed by atoms with Crippen LogP contribution >= 0.6 is 0 Å². The number of carbonyl (C=O) groups is 2. The van der Waals surface area contributed by atoms with Crippen molar-refractivity contribution >= 4 is 11.8 Å². The molecule has 136 valence electrons. The third-order valence-corrected chi connectivity index (χ3v) is 4.66. The molecule has 1 aromatic heterocycles. The Hall–Kier alpha value is -2.93. The van der Waals surface area contributed by atoms with Crippen molar-refractivity contribution in [2.45, 2.75) is 25.4 Å². The maximum atomic E-state index is 12.5. The summed E-state index contributed by atoms with van der Waals surface area (Å²) in [4.78, 5) is 37.6. The molecule has 2 aromatic rings. The smallest absolute Gasteiger partial charge is 0.255 e. The van der Waals surface area contributed by atoms with E-state index in [1.807, 2.05) is 0 Å². The number of likely N-dealkylation sites (tertiary alicyclic amines) is 1. The zero-order valence-electron chi connectivity index (χ0n) is 14.6. The molecule has 2 unspecified atom stereocenters. The van der Waals surface area contributed by atoms with Crippen molar-refractivity contribution in [3.63, 3.8) is 0 Å². The van der Waals surface area contributed by atoms with Gasteiger partial charge in [0, 0.05) is 49.6 Å². The fourth-order valence-corrected chi connectivity index (χ4v) is 3.07. The first-order valence-electron chi connectivity index (χ1n) is 8.56. The van der Waals surface area contributed by atoms with E-state index < -0.39 is 0 Å². The van der Waals surface area contributed by atoms with Crippen molar-refractivity contribution in [2.75, 3.05) is 13.1 Å². The van der Waals surface area contributed by atoms with E-state index in [1.54, 1.807) is 47.5 Å². The van der Waals surface area contributed by atoms with Crippen LogP contribution in [-0.4, -0.2) is 46.5 Å². The topological polar surface area (TPSA) is 97.4 Å². The fourth-order valence-electron chi connectivity index (χ4n) is 3.07. The molecule has 2 atom stereocenters. The van der Waals surface area contributed by atoms with Gasteiger partial charge in [0.25, 0.3) is 11.5 Å². The standard InChI is InChI=1S/C19H22N4O3/c1-13(24)22-11-9-16(20)17(12-22)21-19(26)14-5-7-15(8-6-14)23-10-3-2-4-18(23)25/h2-8,10,16-17H,9,11-12,20H2,1H3,(H,21,26). The first-order valence-corrected chi connectivity index (χ1v) is 8.56. The van der Waals surface area contributed by atoms with Crippen molar-refractivity contribution < 1.29 is 9.59 Å². The summed E-state index contributed by atoms with van der Waals surface area (Å²) in [7, 11) is 0. The minimum atomic E-state index is -0.281. The van der Waals surface area contributed by atoms with Crippen molar-refractivity contribution in [1.29, 1.82) is 0 Å². The van der Waals surface area contributed by atoms with E-state index in [4.69, 9.17) is 5.73 Å².